The highest BCUT2D eigenvalue weighted by Gasteiger charge is 2.00. The van der Waals surface area contributed by atoms with Crippen LogP contribution in [-0.4, -0.2) is 10.8 Å². The van der Waals surface area contributed by atoms with Gasteiger partial charge >= 0.3 is 0 Å². The van der Waals surface area contributed by atoms with Crippen molar-refractivity contribution in [2.75, 3.05) is 0 Å². The Morgan fingerprint density at radius 1 is 1.62 bits per heavy atom. The Morgan fingerprint density at radius 2 is 2.31 bits per heavy atom. The zero-order valence-electron chi connectivity index (χ0n) is 7.80. The highest BCUT2D eigenvalue weighted by atomic mass is 35.5. The van der Waals surface area contributed by atoms with Crippen LogP contribution >= 0.6 is 11.6 Å². The summed E-state index contributed by atoms with van der Waals surface area (Å²) >= 11 is 5.77. The number of hydrogen-bond acceptors (Lipinski definition) is 2. The molecule has 0 aromatic carbocycles. The Balaban J connectivity index is 2.68. The van der Waals surface area contributed by atoms with Crippen molar-refractivity contribution < 1.29 is 4.79 Å². The van der Waals surface area contributed by atoms with Gasteiger partial charge in [-0.3, -0.25) is 0 Å². The first-order valence-corrected chi connectivity index (χ1v) is 4.58. The van der Waals surface area contributed by atoms with E-state index in [0.29, 0.717) is 11.6 Å². The Labute approximate surface area is 82.9 Å². The molecule has 1 aromatic rings. The number of hydrogen-bond donors (Lipinski definition) is 0. The predicted molar refractivity (Wildman–Crippen MR) is 53.0 cm³/mol. The standard InChI is InChI=1S/C10H12ClNO/c1-7-5-9(4-3-8(2)13)6-12-10(7)11/h5-6H,3-4H2,1-2H3. The molecule has 2 nitrogen and oxygen atoms in total. The van der Waals surface area contributed by atoms with Gasteiger partial charge in [-0.15, -0.1) is 0 Å². The van der Waals surface area contributed by atoms with Gasteiger partial charge in [-0.1, -0.05) is 17.7 Å². The Kier molecular flexibility index (Phi) is 3.43. The van der Waals surface area contributed by atoms with Crippen LogP contribution < -0.4 is 0 Å². The minimum absolute atomic E-state index is 0.201. The fourth-order valence-electron chi connectivity index (χ4n) is 1.07. The average Bonchev–Trinajstić information content (AvgIpc) is 2.07. The molecule has 1 aromatic heterocycles. The van der Waals surface area contributed by atoms with E-state index in [4.69, 9.17) is 11.6 Å². The molecule has 1 rings (SSSR count). The summed E-state index contributed by atoms with van der Waals surface area (Å²) in [4.78, 5) is 14.7. The van der Waals surface area contributed by atoms with Gasteiger partial charge in [-0.05, 0) is 31.4 Å². The molecule has 0 spiro atoms. The van der Waals surface area contributed by atoms with Gasteiger partial charge in [0.25, 0.3) is 0 Å². The van der Waals surface area contributed by atoms with Gasteiger partial charge in [0.05, 0.1) is 0 Å². The van der Waals surface area contributed by atoms with Gasteiger partial charge in [-0.25, -0.2) is 4.98 Å². The molecular formula is C10H12ClNO. The number of Topliss-reactive ketones (excluding diaryl/α,β-unsaturated/α-hetero) is 1. The van der Waals surface area contributed by atoms with Crippen molar-refractivity contribution in [3.8, 4) is 0 Å². The first-order valence-electron chi connectivity index (χ1n) is 4.20. The van der Waals surface area contributed by atoms with Crippen molar-refractivity contribution in [1.29, 1.82) is 0 Å². The number of halogens is 1. The Morgan fingerprint density at radius 3 is 2.85 bits per heavy atom. The molecule has 0 bridgehead atoms. The molecule has 70 valence electrons. The molecule has 0 aliphatic carbocycles. The molecule has 0 unspecified atom stereocenters. The first kappa shape index (κ1) is 10.2. The number of carbonyl (C=O) groups excluding carboxylic acids is 1. The number of carbonyl (C=O) groups is 1. The molecule has 3 heteroatoms. The van der Waals surface area contributed by atoms with E-state index in [1.807, 2.05) is 13.0 Å². The third-order valence-corrected chi connectivity index (χ3v) is 2.23. The minimum atomic E-state index is 0.201. The van der Waals surface area contributed by atoms with Gasteiger partial charge < -0.3 is 4.79 Å². The van der Waals surface area contributed by atoms with Gasteiger partial charge in [-0.2, -0.15) is 0 Å². The number of nitrogens with zero attached hydrogens (tertiary/aromatic N) is 1. The quantitative estimate of drug-likeness (QED) is 0.698. The smallest absolute Gasteiger partial charge is 0.131 e. The van der Waals surface area contributed by atoms with E-state index in [0.717, 1.165) is 17.5 Å². The van der Waals surface area contributed by atoms with Crippen molar-refractivity contribution in [2.45, 2.75) is 26.7 Å². The van der Waals surface area contributed by atoms with Crippen molar-refractivity contribution in [3.63, 3.8) is 0 Å². The van der Waals surface area contributed by atoms with E-state index in [2.05, 4.69) is 4.98 Å². The van der Waals surface area contributed by atoms with E-state index >= 15 is 0 Å². The summed E-state index contributed by atoms with van der Waals surface area (Å²) in [6.07, 6.45) is 3.04. The third-order valence-electron chi connectivity index (χ3n) is 1.84. The highest BCUT2D eigenvalue weighted by molar-refractivity contribution is 6.30. The summed E-state index contributed by atoms with van der Waals surface area (Å²) in [6, 6.07) is 1.97. The minimum Gasteiger partial charge on any atom is -0.300 e. The monoisotopic (exact) mass is 197 g/mol. The van der Waals surface area contributed by atoms with Crippen LogP contribution in [0.5, 0.6) is 0 Å². The topological polar surface area (TPSA) is 30.0 Å². The Bertz CT molecular complexity index is 323. The van der Waals surface area contributed by atoms with Crippen LogP contribution in [0.3, 0.4) is 0 Å². The maximum atomic E-state index is 10.7. The summed E-state index contributed by atoms with van der Waals surface area (Å²) in [7, 11) is 0. The fourth-order valence-corrected chi connectivity index (χ4v) is 1.18. The first-order chi connectivity index (χ1) is 6.09. The van der Waals surface area contributed by atoms with Crippen LogP contribution in [0.4, 0.5) is 0 Å². The summed E-state index contributed by atoms with van der Waals surface area (Å²) in [5.41, 5.74) is 2.03. The van der Waals surface area contributed by atoms with Crippen LogP contribution in [0.15, 0.2) is 12.3 Å². The Hall–Kier alpha value is -0.890. The van der Waals surface area contributed by atoms with Gasteiger partial charge in [0.2, 0.25) is 0 Å². The van der Waals surface area contributed by atoms with Crippen LogP contribution in [0.25, 0.3) is 0 Å². The SMILES string of the molecule is CC(=O)CCc1cnc(Cl)c(C)c1. The van der Waals surface area contributed by atoms with Crippen LogP contribution in [0.1, 0.15) is 24.5 Å². The van der Waals surface area contributed by atoms with E-state index in [-0.39, 0.29) is 5.78 Å². The molecule has 0 atom stereocenters. The second-order valence-electron chi connectivity index (χ2n) is 3.15. The summed E-state index contributed by atoms with van der Waals surface area (Å²) in [5.74, 6) is 0.201. The molecule has 0 N–H and O–H groups in total. The molecule has 0 aliphatic rings. The second-order valence-corrected chi connectivity index (χ2v) is 3.51. The van der Waals surface area contributed by atoms with Crippen LogP contribution in [0.2, 0.25) is 5.15 Å². The molecule has 0 saturated heterocycles. The number of rotatable bonds is 3. The number of pyridine rings is 1. The number of aromatic nitrogens is 1. The zero-order valence-corrected chi connectivity index (χ0v) is 8.56. The van der Waals surface area contributed by atoms with Crippen molar-refractivity contribution in [3.05, 3.63) is 28.5 Å². The van der Waals surface area contributed by atoms with Gasteiger partial charge in [0, 0.05) is 12.6 Å². The van der Waals surface area contributed by atoms with Crippen LogP contribution in [0, 0.1) is 6.92 Å². The maximum absolute atomic E-state index is 10.7. The van der Waals surface area contributed by atoms with E-state index in [9.17, 15) is 4.79 Å². The molecule has 13 heavy (non-hydrogen) atoms. The zero-order chi connectivity index (χ0) is 9.84. The predicted octanol–water partition coefficient (Wildman–Crippen LogP) is 2.57. The molecule has 0 amide bonds. The highest BCUT2D eigenvalue weighted by Crippen LogP contribution is 2.13. The molecule has 0 saturated carbocycles. The fraction of sp³-hybridized carbons (Fsp3) is 0.400. The van der Waals surface area contributed by atoms with E-state index in [1.165, 1.54) is 0 Å². The maximum Gasteiger partial charge on any atom is 0.131 e. The number of ketones is 1. The van der Waals surface area contributed by atoms with E-state index in [1.54, 1.807) is 13.1 Å². The molecule has 0 radical (unpaired) electrons. The normalized spacial score (nSPS) is 10.1. The van der Waals surface area contributed by atoms with Crippen molar-refractivity contribution in [1.82, 2.24) is 4.98 Å². The third kappa shape index (κ3) is 3.15. The molecule has 0 aliphatic heterocycles. The average molecular weight is 198 g/mol. The van der Waals surface area contributed by atoms with Crippen molar-refractivity contribution >= 4 is 17.4 Å². The largest absolute Gasteiger partial charge is 0.300 e. The summed E-state index contributed by atoms with van der Waals surface area (Å²) in [5, 5.41) is 0.534. The lowest BCUT2D eigenvalue weighted by Gasteiger charge is -2.01. The van der Waals surface area contributed by atoms with Gasteiger partial charge in [0.15, 0.2) is 0 Å². The summed E-state index contributed by atoms with van der Waals surface area (Å²) < 4.78 is 0. The van der Waals surface area contributed by atoms with Gasteiger partial charge in [0.1, 0.15) is 10.9 Å². The van der Waals surface area contributed by atoms with E-state index < -0.39 is 0 Å². The lowest BCUT2D eigenvalue weighted by atomic mass is 10.1. The lowest BCUT2D eigenvalue weighted by Crippen LogP contribution is -1.95. The molecule has 1 heterocycles. The van der Waals surface area contributed by atoms with Crippen LogP contribution in [-0.2, 0) is 11.2 Å². The van der Waals surface area contributed by atoms with Crippen molar-refractivity contribution in [2.24, 2.45) is 0 Å². The lowest BCUT2D eigenvalue weighted by molar-refractivity contribution is -0.116. The second kappa shape index (κ2) is 4.38. The number of aryl methyl sites for hydroxylation is 2. The molecular weight excluding hydrogens is 186 g/mol. The molecule has 0 fully saturated rings. The summed E-state index contributed by atoms with van der Waals surface area (Å²) in [6.45, 7) is 3.50.